The number of nitrogens with zero attached hydrogens (tertiary/aromatic N) is 3. The molecule has 0 bridgehead atoms. The van der Waals surface area contributed by atoms with E-state index in [4.69, 9.17) is 9.72 Å². The van der Waals surface area contributed by atoms with Crippen LogP contribution in [0.3, 0.4) is 0 Å². The number of halogens is 1. The van der Waals surface area contributed by atoms with E-state index in [0.717, 1.165) is 75.4 Å². The van der Waals surface area contributed by atoms with Gasteiger partial charge in [0.25, 0.3) is 0 Å². The molecule has 0 aliphatic carbocycles. The van der Waals surface area contributed by atoms with E-state index in [1.54, 1.807) is 11.3 Å². The van der Waals surface area contributed by atoms with Crippen molar-refractivity contribution in [2.24, 2.45) is 0 Å². The molecule has 1 aliphatic heterocycles. The Balaban J connectivity index is 1.39. The summed E-state index contributed by atoms with van der Waals surface area (Å²) >= 11 is 5.12. The largest absolute Gasteiger partial charge is 0.379 e. The Labute approximate surface area is 206 Å². The highest BCUT2D eigenvalue weighted by Crippen LogP contribution is 2.32. The Bertz CT molecular complexity index is 1260. The third-order valence-corrected chi connectivity index (χ3v) is 7.59. The molecule has 7 heteroatoms. The molecule has 0 saturated carbocycles. The first-order chi connectivity index (χ1) is 16.2. The van der Waals surface area contributed by atoms with Gasteiger partial charge >= 0.3 is 0 Å². The van der Waals surface area contributed by atoms with Crippen molar-refractivity contribution in [2.45, 2.75) is 12.8 Å². The van der Waals surface area contributed by atoms with E-state index in [9.17, 15) is 4.79 Å². The summed E-state index contributed by atoms with van der Waals surface area (Å²) in [5.41, 5.74) is 1.98. The molecule has 1 aliphatic rings. The minimum atomic E-state index is 0.0893. The van der Waals surface area contributed by atoms with Crippen LogP contribution in [0.2, 0.25) is 0 Å². The minimum Gasteiger partial charge on any atom is -0.379 e. The quantitative estimate of drug-likeness (QED) is 0.320. The molecule has 1 amide bonds. The van der Waals surface area contributed by atoms with Crippen molar-refractivity contribution in [3.05, 3.63) is 70.7 Å². The van der Waals surface area contributed by atoms with Crippen LogP contribution >= 0.6 is 27.3 Å². The zero-order valence-electron chi connectivity index (χ0n) is 18.4. The smallest absolute Gasteiger partial charge is 0.233 e. The molecule has 1 aromatic heterocycles. The summed E-state index contributed by atoms with van der Waals surface area (Å²) in [7, 11) is 0. The number of fused-ring (bicyclic) bond motifs is 2. The van der Waals surface area contributed by atoms with E-state index in [-0.39, 0.29) is 5.91 Å². The number of rotatable bonds is 7. The van der Waals surface area contributed by atoms with Crippen molar-refractivity contribution in [3.8, 4) is 0 Å². The highest BCUT2D eigenvalue weighted by Gasteiger charge is 2.21. The molecule has 0 atom stereocenters. The number of hydrogen-bond acceptors (Lipinski definition) is 5. The van der Waals surface area contributed by atoms with Gasteiger partial charge in [-0.15, -0.1) is 0 Å². The average Bonchev–Trinajstić information content (AvgIpc) is 3.25. The van der Waals surface area contributed by atoms with Gasteiger partial charge in [-0.05, 0) is 41.0 Å². The van der Waals surface area contributed by atoms with E-state index >= 15 is 0 Å². The highest BCUT2D eigenvalue weighted by molar-refractivity contribution is 9.10. The number of aromatic nitrogens is 1. The van der Waals surface area contributed by atoms with Crippen molar-refractivity contribution < 1.29 is 9.53 Å². The van der Waals surface area contributed by atoms with Crippen molar-refractivity contribution in [2.75, 3.05) is 44.3 Å². The van der Waals surface area contributed by atoms with Gasteiger partial charge in [0.1, 0.15) is 0 Å². The van der Waals surface area contributed by atoms with Crippen molar-refractivity contribution in [1.29, 1.82) is 0 Å². The molecule has 33 heavy (non-hydrogen) atoms. The number of hydrogen-bond donors (Lipinski definition) is 0. The van der Waals surface area contributed by atoms with Crippen molar-refractivity contribution in [3.63, 3.8) is 0 Å². The highest BCUT2D eigenvalue weighted by atomic mass is 79.9. The summed E-state index contributed by atoms with van der Waals surface area (Å²) in [5.74, 6) is 0.0893. The third kappa shape index (κ3) is 5.27. The fourth-order valence-electron chi connectivity index (χ4n) is 4.31. The molecule has 5 rings (SSSR count). The minimum absolute atomic E-state index is 0.0893. The van der Waals surface area contributed by atoms with E-state index in [1.165, 1.54) is 0 Å². The van der Waals surface area contributed by atoms with Gasteiger partial charge in [-0.3, -0.25) is 14.6 Å². The number of anilines is 1. The van der Waals surface area contributed by atoms with Crippen LogP contribution in [0.5, 0.6) is 0 Å². The van der Waals surface area contributed by atoms with Gasteiger partial charge in [-0.1, -0.05) is 69.7 Å². The lowest BCUT2D eigenvalue weighted by atomic mass is 10.0. The average molecular weight is 524 g/mol. The summed E-state index contributed by atoms with van der Waals surface area (Å²) in [6.45, 7) is 5.10. The van der Waals surface area contributed by atoms with Gasteiger partial charge in [0.2, 0.25) is 5.91 Å². The zero-order chi connectivity index (χ0) is 22.6. The fourth-order valence-corrected chi connectivity index (χ4v) is 5.87. The normalized spacial score (nSPS) is 14.7. The van der Waals surface area contributed by atoms with Crippen LogP contribution in [-0.2, 0) is 16.0 Å². The van der Waals surface area contributed by atoms with Gasteiger partial charge in [0.05, 0.1) is 29.9 Å². The molecule has 170 valence electrons. The first-order valence-electron chi connectivity index (χ1n) is 11.3. The standard InChI is InChI=1S/C26H26BrN3O2S/c27-21-9-10-23-24(18-21)33-26(28-23)30(12-4-11-29-13-15-32-16-14-29)25(31)17-20-7-3-6-19-5-1-2-8-22(19)20/h1-3,5-10,18H,4,11-17H2. The van der Waals surface area contributed by atoms with Crippen LogP contribution in [0.4, 0.5) is 5.13 Å². The van der Waals surface area contributed by atoms with Crippen molar-refractivity contribution >= 4 is 59.3 Å². The second kappa shape index (κ2) is 10.3. The van der Waals surface area contributed by atoms with E-state index in [2.05, 4.69) is 51.2 Å². The number of carbonyl (C=O) groups excluding carboxylic acids is 1. The molecule has 0 unspecified atom stereocenters. The first kappa shape index (κ1) is 22.5. The maximum Gasteiger partial charge on any atom is 0.233 e. The first-order valence-corrected chi connectivity index (χ1v) is 12.9. The number of benzene rings is 3. The topological polar surface area (TPSA) is 45.7 Å². The van der Waals surface area contributed by atoms with Gasteiger partial charge in [0, 0.05) is 30.7 Å². The van der Waals surface area contributed by atoms with Crippen LogP contribution in [0, 0.1) is 0 Å². The third-order valence-electron chi connectivity index (χ3n) is 6.05. The second-order valence-corrected chi connectivity index (χ2v) is 10.2. The molecule has 1 saturated heterocycles. The Kier molecular flexibility index (Phi) is 7.02. The lowest BCUT2D eigenvalue weighted by Gasteiger charge is -2.27. The molecular weight excluding hydrogens is 498 g/mol. The Morgan fingerprint density at radius 2 is 1.91 bits per heavy atom. The SMILES string of the molecule is O=C(Cc1cccc2ccccc12)N(CCCN1CCOCC1)c1nc2ccc(Br)cc2s1. The molecule has 5 nitrogen and oxygen atoms in total. The number of amides is 1. The summed E-state index contributed by atoms with van der Waals surface area (Å²) in [6, 6.07) is 20.5. The zero-order valence-corrected chi connectivity index (χ0v) is 20.8. The number of morpholine rings is 1. The van der Waals surface area contributed by atoms with E-state index in [0.29, 0.717) is 13.0 Å². The molecule has 4 aromatic rings. The molecule has 2 heterocycles. The van der Waals surface area contributed by atoms with Crippen molar-refractivity contribution in [1.82, 2.24) is 9.88 Å². The van der Waals surface area contributed by atoms with Crippen LogP contribution < -0.4 is 4.90 Å². The van der Waals surface area contributed by atoms with Crippen LogP contribution in [0.25, 0.3) is 21.0 Å². The van der Waals surface area contributed by atoms with Crippen LogP contribution in [-0.4, -0.2) is 55.2 Å². The Morgan fingerprint density at radius 3 is 2.79 bits per heavy atom. The lowest BCUT2D eigenvalue weighted by molar-refractivity contribution is -0.118. The van der Waals surface area contributed by atoms with Gasteiger partial charge < -0.3 is 4.74 Å². The molecular formula is C26H26BrN3O2S. The monoisotopic (exact) mass is 523 g/mol. The predicted octanol–water partition coefficient (Wildman–Crippen LogP) is 5.51. The number of ether oxygens (including phenoxy) is 1. The lowest BCUT2D eigenvalue weighted by Crippen LogP contribution is -2.39. The molecule has 0 spiro atoms. The van der Waals surface area contributed by atoms with Crippen LogP contribution in [0.15, 0.2) is 65.1 Å². The molecule has 0 radical (unpaired) electrons. The maximum absolute atomic E-state index is 13.6. The maximum atomic E-state index is 13.6. The van der Waals surface area contributed by atoms with Gasteiger partial charge in [-0.25, -0.2) is 4.98 Å². The second-order valence-electron chi connectivity index (χ2n) is 8.28. The Hall–Kier alpha value is -2.32. The molecule has 1 fully saturated rings. The number of carbonyl (C=O) groups is 1. The summed E-state index contributed by atoms with van der Waals surface area (Å²) < 4.78 is 7.56. The van der Waals surface area contributed by atoms with Gasteiger partial charge in [0.15, 0.2) is 5.13 Å². The molecule has 3 aromatic carbocycles. The van der Waals surface area contributed by atoms with E-state index < -0.39 is 0 Å². The van der Waals surface area contributed by atoms with Crippen LogP contribution in [0.1, 0.15) is 12.0 Å². The molecule has 0 N–H and O–H groups in total. The summed E-state index contributed by atoms with van der Waals surface area (Å²) in [6.07, 6.45) is 1.26. The van der Waals surface area contributed by atoms with E-state index in [1.807, 2.05) is 35.2 Å². The van der Waals surface area contributed by atoms with Gasteiger partial charge in [-0.2, -0.15) is 0 Å². The summed E-state index contributed by atoms with van der Waals surface area (Å²) in [5, 5.41) is 3.07. The fraction of sp³-hybridized carbons (Fsp3) is 0.308. The Morgan fingerprint density at radius 1 is 1.09 bits per heavy atom. The summed E-state index contributed by atoms with van der Waals surface area (Å²) in [4.78, 5) is 22.7. The predicted molar refractivity (Wildman–Crippen MR) is 139 cm³/mol. The number of thiazole rings is 1.